The number of likely N-dealkylation sites (N-methyl/N-ethyl adjacent to an activating group) is 1. The van der Waals surface area contributed by atoms with E-state index in [0.717, 1.165) is 4.57 Å². The van der Waals surface area contributed by atoms with Crippen molar-refractivity contribution in [1.82, 2.24) is 15.2 Å². The maximum atomic E-state index is 13.1. The summed E-state index contributed by atoms with van der Waals surface area (Å²) in [7, 11) is -2.48. The second kappa shape index (κ2) is 12.5. The number of carbonyl (C=O) groups is 2. The van der Waals surface area contributed by atoms with Crippen LogP contribution in [0.15, 0.2) is 6.07 Å². The van der Waals surface area contributed by atoms with Crippen LogP contribution >= 0.6 is 7.37 Å². The monoisotopic (exact) mass is 487 g/mol. The van der Waals surface area contributed by atoms with E-state index in [-0.39, 0.29) is 41.6 Å². The molecule has 3 unspecified atom stereocenters. The van der Waals surface area contributed by atoms with Crippen LogP contribution < -0.4 is 10.6 Å². The molecule has 0 aliphatic rings. The topological polar surface area (TPSA) is 141 Å². The average Bonchev–Trinajstić information content (AvgIpc) is 2.91. The third kappa shape index (κ3) is 9.41. The van der Waals surface area contributed by atoms with Gasteiger partial charge in [-0.05, 0) is 37.0 Å². The minimum absolute atomic E-state index is 0.0790. The molecule has 2 amide bonds. The molecule has 0 spiro atoms. The molecule has 0 saturated carbocycles. The number of hydrogen-bond donors (Lipinski definition) is 5. The molecule has 1 rings (SSSR count). The van der Waals surface area contributed by atoms with Crippen LogP contribution in [-0.4, -0.2) is 50.7 Å². The number of aromatic nitrogens is 1. The Morgan fingerprint density at radius 1 is 1.00 bits per heavy atom. The lowest BCUT2D eigenvalue weighted by molar-refractivity contribution is -0.131. The zero-order valence-electron chi connectivity index (χ0n) is 21.0. The summed E-state index contributed by atoms with van der Waals surface area (Å²) in [5.74, 6) is -1.62. The molecular weight excluding hydrogens is 445 g/mol. The van der Waals surface area contributed by atoms with Gasteiger partial charge >= 0.3 is 0 Å². The van der Waals surface area contributed by atoms with Crippen molar-refractivity contribution in [2.75, 3.05) is 13.2 Å². The predicted octanol–water partition coefficient (Wildman–Crippen LogP) is 3.26. The van der Waals surface area contributed by atoms with Crippen LogP contribution in [0.2, 0.25) is 0 Å². The van der Waals surface area contributed by atoms with Gasteiger partial charge in [-0.25, -0.2) is 0 Å². The first kappa shape index (κ1) is 29.0. The summed E-state index contributed by atoms with van der Waals surface area (Å²) in [6.45, 7) is 11.6. The van der Waals surface area contributed by atoms with E-state index >= 15 is 0 Å². The zero-order valence-corrected chi connectivity index (χ0v) is 21.9. The van der Waals surface area contributed by atoms with E-state index in [1.165, 1.54) is 13.1 Å². The van der Waals surface area contributed by atoms with Crippen molar-refractivity contribution < 1.29 is 29.3 Å². The molecular formula is C23H42N3O6P. The molecule has 0 aliphatic carbocycles. The summed E-state index contributed by atoms with van der Waals surface area (Å²) in [5.41, 5.74) is 0.501. The Morgan fingerprint density at radius 2 is 1.58 bits per heavy atom. The van der Waals surface area contributed by atoms with Crippen LogP contribution in [0.5, 0.6) is 11.8 Å². The van der Waals surface area contributed by atoms with Crippen molar-refractivity contribution >= 4 is 19.2 Å². The lowest BCUT2D eigenvalue weighted by Gasteiger charge is -2.25. The minimum atomic E-state index is -3.98. The van der Waals surface area contributed by atoms with Gasteiger partial charge in [0, 0.05) is 30.8 Å². The molecule has 0 aromatic carbocycles. The highest BCUT2D eigenvalue weighted by Gasteiger charge is 2.33. The molecule has 0 bridgehead atoms. The van der Waals surface area contributed by atoms with Crippen molar-refractivity contribution in [2.45, 2.75) is 73.1 Å². The lowest BCUT2D eigenvalue weighted by Crippen LogP contribution is -2.48. The Balaban J connectivity index is 3.07. The molecule has 0 radical (unpaired) electrons. The molecule has 9 nitrogen and oxygen atoms in total. The Hall–Kier alpha value is -1.99. The zero-order chi connectivity index (χ0) is 25.5. The van der Waals surface area contributed by atoms with Crippen LogP contribution in [-0.2, 0) is 26.9 Å². The number of rotatable bonds is 13. The number of nitrogens with zero attached hydrogens (tertiary/aromatic N) is 1. The Kier molecular flexibility index (Phi) is 11.0. The quantitative estimate of drug-likeness (QED) is 0.271. The smallest absolute Gasteiger partial charge is 0.242 e. The SMILES string of the molecule is CNC(=O)C(CC(C)C)NC(=O)C(CC(C)C)CP(=O)(O)Cn1c(O)cc(CC(C)C)c1O. The first-order chi connectivity index (χ1) is 15.2. The molecule has 3 atom stereocenters. The summed E-state index contributed by atoms with van der Waals surface area (Å²) in [6, 6.07) is 0.666. The van der Waals surface area contributed by atoms with Crippen molar-refractivity contribution in [1.29, 1.82) is 0 Å². The number of nitrogens with one attached hydrogen (secondary N) is 2. The molecule has 0 aliphatic heterocycles. The fourth-order valence-electron chi connectivity index (χ4n) is 3.93. The van der Waals surface area contributed by atoms with E-state index < -0.39 is 31.5 Å². The maximum Gasteiger partial charge on any atom is 0.242 e. The van der Waals surface area contributed by atoms with Gasteiger partial charge in [0.2, 0.25) is 19.2 Å². The standard InChI is InChI=1S/C23H42N3O6P/c1-14(2)8-17-11-20(27)26(23(17)30)13-33(31,32)12-18(9-15(3)4)21(28)25-19(10-16(5)6)22(29)24-7/h11,14-16,18-19,27,30H,8-10,12-13H2,1-7H3,(H,24,29)(H,25,28)(H,31,32). The van der Waals surface area contributed by atoms with Gasteiger partial charge in [0.15, 0.2) is 11.8 Å². The number of hydrogen-bond acceptors (Lipinski definition) is 5. The molecule has 5 N–H and O–H groups in total. The van der Waals surface area contributed by atoms with Gasteiger partial charge in [0.1, 0.15) is 12.3 Å². The second-order valence-electron chi connectivity index (χ2n) is 10.2. The molecule has 1 aromatic rings. The summed E-state index contributed by atoms with van der Waals surface area (Å²) >= 11 is 0. The Morgan fingerprint density at radius 3 is 2.06 bits per heavy atom. The molecule has 1 heterocycles. The first-order valence-corrected chi connectivity index (χ1v) is 13.6. The van der Waals surface area contributed by atoms with Gasteiger partial charge in [-0.2, -0.15) is 0 Å². The second-order valence-corrected chi connectivity index (χ2v) is 12.5. The minimum Gasteiger partial charge on any atom is -0.494 e. The van der Waals surface area contributed by atoms with Gasteiger partial charge in [-0.1, -0.05) is 41.5 Å². The predicted molar refractivity (Wildman–Crippen MR) is 129 cm³/mol. The maximum absolute atomic E-state index is 13.1. The Labute approximate surface area is 197 Å². The van der Waals surface area contributed by atoms with E-state index in [0.29, 0.717) is 24.8 Å². The van der Waals surface area contributed by atoms with Gasteiger partial charge in [0.05, 0.1) is 0 Å². The van der Waals surface area contributed by atoms with Crippen molar-refractivity contribution in [3.8, 4) is 11.8 Å². The highest BCUT2D eigenvalue weighted by molar-refractivity contribution is 7.56. The summed E-state index contributed by atoms with van der Waals surface area (Å²) in [4.78, 5) is 36.0. The molecule has 190 valence electrons. The first-order valence-electron chi connectivity index (χ1n) is 11.6. The van der Waals surface area contributed by atoms with Crippen LogP contribution in [0.3, 0.4) is 0 Å². The van der Waals surface area contributed by atoms with E-state index in [1.807, 2.05) is 41.5 Å². The molecule has 1 aromatic heterocycles. The number of carbonyl (C=O) groups excluding carboxylic acids is 2. The van der Waals surface area contributed by atoms with Crippen LogP contribution in [0.1, 0.15) is 59.9 Å². The molecule has 0 fully saturated rings. The normalized spacial score (nSPS) is 15.5. The van der Waals surface area contributed by atoms with Crippen molar-refractivity contribution in [3.63, 3.8) is 0 Å². The highest BCUT2D eigenvalue weighted by Crippen LogP contribution is 2.48. The molecule has 0 saturated heterocycles. The van der Waals surface area contributed by atoms with E-state index in [9.17, 15) is 29.3 Å². The molecule has 33 heavy (non-hydrogen) atoms. The van der Waals surface area contributed by atoms with E-state index in [1.54, 1.807) is 0 Å². The summed E-state index contributed by atoms with van der Waals surface area (Å²) in [6.07, 6.45) is 0.490. The van der Waals surface area contributed by atoms with Crippen molar-refractivity contribution in [2.24, 2.45) is 23.7 Å². The fraction of sp³-hybridized carbons (Fsp3) is 0.739. The van der Waals surface area contributed by atoms with E-state index in [2.05, 4.69) is 10.6 Å². The van der Waals surface area contributed by atoms with Crippen molar-refractivity contribution in [3.05, 3.63) is 11.6 Å². The van der Waals surface area contributed by atoms with Gasteiger partial charge < -0.3 is 25.7 Å². The number of aromatic hydroxyl groups is 2. The van der Waals surface area contributed by atoms with Gasteiger partial charge in [0.25, 0.3) is 0 Å². The third-order valence-corrected chi connectivity index (χ3v) is 7.07. The number of amides is 2. The summed E-state index contributed by atoms with van der Waals surface area (Å²) in [5, 5.41) is 26.0. The molecule has 10 heteroatoms. The fourth-order valence-corrected chi connectivity index (χ4v) is 5.77. The average molecular weight is 488 g/mol. The lowest BCUT2D eigenvalue weighted by atomic mass is 9.96. The van der Waals surface area contributed by atoms with Crippen LogP contribution in [0.25, 0.3) is 0 Å². The highest BCUT2D eigenvalue weighted by atomic mass is 31.2. The van der Waals surface area contributed by atoms with Gasteiger partial charge in [-0.3, -0.25) is 18.7 Å². The third-order valence-electron chi connectivity index (χ3n) is 5.33. The Bertz CT molecular complexity index is 849. The van der Waals surface area contributed by atoms with E-state index in [4.69, 9.17) is 0 Å². The largest absolute Gasteiger partial charge is 0.494 e. The van der Waals surface area contributed by atoms with Gasteiger partial charge in [-0.15, -0.1) is 0 Å². The van der Waals surface area contributed by atoms with Crippen LogP contribution in [0, 0.1) is 23.7 Å². The van der Waals surface area contributed by atoms with Crippen LogP contribution in [0.4, 0.5) is 0 Å². The summed E-state index contributed by atoms with van der Waals surface area (Å²) < 4.78 is 14.1.